The normalized spacial score (nSPS) is 19.6. The molecule has 7 nitrogen and oxygen atoms in total. The number of sulfonamides is 1. The van der Waals surface area contributed by atoms with E-state index < -0.39 is 10.0 Å². The van der Waals surface area contributed by atoms with Crippen molar-refractivity contribution >= 4 is 21.5 Å². The van der Waals surface area contributed by atoms with Crippen LogP contribution in [0.15, 0.2) is 53.4 Å². The average molecular weight is 482 g/mol. The number of benzene rings is 2. The van der Waals surface area contributed by atoms with Gasteiger partial charge in [-0.3, -0.25) is 9.69 Å². The van der Waals surface area contributed by atoms with Crippen molar-refractivity contribution in [3.8, 4) is 5.75 Å². The molecular weight excluding hydrogens is 450 g/mol. The summed E-state index contributed by atoms with van der Waals surface area (Å²) >= 11 is 0. The zero-order valence-electron chi connectivity index (χ0n) is 19.3. The Bertz CT molecular complexity index is 1200. The van der Waals surface area contributed by atoms with Gasteiger partial charge in [-0.2, -0.15) is 4.31 Å². The molecule has 0 radical (unpaired) electrons. The van der Waals surface area contributed by atoms with E-state index >= 15 is 0 Å². The molecular formula is C26H31N3O4S. The number of rotatable bonds is 5. The molecule has 5 rings (SSSR count). The Balaban J connectivity index is 1.14. The van der Waals surface area contributed by atoms with Crippen molar-refractivity contribution in [2.24, 2.45) is 0 Å². The molecule has 180 valence electrons. The highest BCUT2D eigenvalue weighted by molar-refractivity contribution is 7.89. The number of phenols is 1. The van der Waals surface area contributed by atoms with Crippen LogP contribution in [-0.2, 0) is 27.7 Å². The van der Waals surface area contributed by atoms with Crippen molar-refractivity contribution < 1.29 is 18.3 Å². The van der Waals surface area contributed by atoms with Gasteiger partial charge in [0.15, 0.2) is 0 Å². The minimum Gasteiger partial charge on any atom is -0.508 e. The van der Waals surface area contributed by atoms with Crippen molar-refractivity contribution in [3.63, 3.8) is 0 Å². The number of aryl methyl sites for hydroxylation is 2. The van der Waals surface area contributed by atoms with E-state index in [1.165, 1.54) is 15.4 Å². The molecule has 1 fully saturated rings. The SMILES string of the molecule is O=C(CN1CC=C(c2ccc(O)cc2)CC1)N1CCN(S(=O)(=O)c2ccc3c(c2)CCC3)CC1. The fourth-order valence-corrected chi connectivity index (χ4v) is 6.59. The molecule has 2 heterocycles. The van der Waals surface area contributed by atoms with Crippen LogP contribution in [0.5, 0.6) is 5.75 Å². The van der Waals surface area contributed by atoms with E-state index in [0.717, 1.165) is 43.4 Å². The number of carbonyl (C=O) groups excluding carboxylic acids is 1. The quantitative estimate of drug-likeness (QED) is 0.710. The topological polar surface area (TPSA) is 81.2 Å². The van der Waals surface area contributed by atoms with E-state index in [2.05, 4.69) is 11.0 Å². The average Bonchev–Trinajstić information content (AvgIpc) is 3.33. The lowest BCUT2D eigenvalue weighted by atomic mass is 9.99. The number of aromatic hydroxyl groups is 1. The standard InChI is InChI=1S/C26H31N3O4S/c30-24-7-4-21(5-8-24)22-10-12-27(13-11-22)19-26(31)28-14-16-29(17-15-28)34(32,33)25-9-6-20-2-1-3-23(20)18-25/h4-10,18,30H,1-3,11-17,19H2. The van der Waals surface area contributed by atoms with Gasteiger partial charge in [0.05, 0.1) is 11.4 Å². The highest BCUT2D eigenvalue weighted by Crippen LogP contribution is 2.27. The monoisotopic (exact) mass is 481 g/mol. The third kappa shape index (κ3) is 4.76. The van der Waals surface area contributed by atoms with E-state index in [1.54, 1.807) is 23.1 Å². The molecule has 3 aliphatic rings. The molecule has 0 atom stereocenters. The van der Waals surface area contributed by atoms with Crippen LogP contribution in [0.3, 0.4) is 0 Å². The summed E-state index contributed by atoms with van der Waals surface area (Å²) in [7, 11) is -3.53. The third-order valence-electron chi connectivity index (χ3n) is 7.19. The summed E-state index contributed by atoms with van der Waals surface area (Å²) in [6.45, 7) is 3.35. The van der Waals surface area contributed by atoms with E-state index in [0.29, 0.717) is 44.2 Å². The van der Waals surface area contributed by atoms with E-state index in [9.17, 15) is 18.3 Å². The van der Waals surface area contributed by atoms with Gasteiger partial charge >= 0.3 is 0 Å². The molecule has 1 N–H and O–H groups in total. The first-order chi connectivity index (χ1) is 16.4. The highest BCUT2D eigenvalue weighted by Gasteiger charge is 2.31. The van der Waals surface area contributed by atoms with Crippen LogP contribution < -0.4 is 0 Å². The summed E-state index contributed by atoms with van der Waals surface area (Å²) in [5.41, 5.74) is 4.75. The van der Waals surface area contributed by atoms with E-state index in [-0.39, 0.29) is 11.7 Å². The maximum atomic E-state index is 13.1. The maximum Gasteiger partial charge on any atom is 0.243 e. The van der Waals surface area contributed by atoms with Gasteiger partial charge in [0.2, 0.25) is 15.9 Å². The lowest BCUT2D eigenvalue weighted by Crippen LogP contribution is -2.52. The largest absolute Gasteiger partial charge is 0.508 e. The molecule has 1 amide bonds. The van der Waals surface area contributed by atoms with Crippen LogP contribution in [-0.4, -0.2) is 79.3 Å². The zero-order valence-corrected chi connectivity index (χ0v) is 20.1. The van der Waals surface area contributed by atoms with Gasteiger partial charge in [-0.05, 0) is 72.2 Å². The highest BCUT2D eigenvalue weighted by atomic mass is 32.2. The van der Waals surface area contributed by atoms with Gasteiger partial charge in [-0.25, -0.2) is 8.42 Å². The van der Waals surface area contributed by atoms with Gasteiger partial charge in [-0.1, -0.05) is 24.3 Å². The van der Waals surface area contributed by atoms with Crippen LogP contribution in [0.1, 0.15) is 29.5 Å². The summed E-state index contributed by atoms with van der Waals surface area (Å²) < 4.78 is 27.8. The smallest absolute Gasteiger partial charge is 0.243 e. The molecule has 1 aliphatic carbocycles. The van der Waals surface area contributed by atoms with Crippen molar-refractivity contribution in [2.45, 2.75) is 30.6 Å². The van der Waals surface area contributed by atoms with Crippen molar-refractivity contribution in [2.75, 3.05) is 45.8 Å². The number of hydrogen-bond acceptors (Lipinski definition) is 5. The number of fused-ring (bicyclic) bond motifs is 1. The third-order valence-corrected chi connectivity index (χ3v) is 9.08. The summed E-state index contributed by atoms with van der Waals surface area (Å²) in [6, 6.07) is 12.7. The second-order valence-corrected chi connectivity index (χ2v) is 11.3. The summed E-state index contributed by atoms with van der Waals surface area (Å²) in [5.74, 6) is 0.309. The van der Waals surface area contributed by atoms with Crippen LogP contribution in [0.4, 0.5) is 0 Å². The predicted molar refractivity (Wildman–Crippen MR) is 131 cm³/mol. The fraction of sp³-hybridized carbons (Fsp3) is 0.423. The molecule has 0 unspecified atom stereocenters. The molecule has 34 heavy (non-hydrogen) atoms. The van der Waals surface area contributed by atoms with Crippen molar-refractivity contribution in [1.82, 2.24) is 14.1 Å². The molecule has 2 aromatic carbocycles. The molecule has 0 saturated carbocycles. The van der Waals surface area contributed by atoms with E-state index in [4.69, 9.17) is 0 Å². The first-order valence-corrected chi connectivity index (χ1v) is 13.4. The lowest BCUT2D eigenvalue weighted by molar-refractivity contribution is -0.133. The Morgan fingerprint density at radius 2 is 1.62 bits per heavy atom. The number of carbonyl (C=O) groups is 1. The van der Waals surface area contributed by atoms with Gasteiger partial charge in [0.25, 0.3) is 0 Å². The Hall–Kier alpha value is -2.68. The first-order valence-electron chi connectivity index (χ1n) is 12.0. The van der Waals surface area contributed by atoms with Crippen molar-refractivity contribution in [1.29, 1.82) is 0 Å². The minimum atomic E-state index is -3.53. The van der Waals surface area contributed by atoms with Gasteiger partial charge in [0, 0.05) is 39.3 Å². The summed E-state index contributed by atoms with van der Waals surface area (Å²) in [4.78, 5) is 17.2. The molecule has 2 aromatic rings. The van der Waals surface area contributed by atoms with Crippen LogP contribution >= 0.6 is 0 Å². The minimum absolute atomic E-state index is 0.0519. The van der Waals surface area contributed by atoms with Crippen LogP contribution in [0.2, 0.25) is 0 Å². The maximum absolute atomic E-state index is 13.1. The van der Waals surface area contributed by atoms with Gasteiger partial charge in [0.1, 0.15) is 5.75 Å². The van der Waals surface area contributed by atoms with Gasteiger partial charge < -0.3 is 10.0 Å². The Labute approximate surface area is 201 Å². The number of piperazine rings is 1. The Morgan fingerprint density at radius 3 is 2.32 bits per heavy atom. The predicted octanol–water partition coefficient (Wildman–Crippen LogP) is 2.50. The molecule has 2 aliphatic heterocycles. The first kappa shape index (κ1) is 23.1. The molecule has 1 saturated heterocycles. The van der Waals surface area contributed by atoms with Crippen LogP contribution in [0, 0.1) is 0 Å². The number of nitrogens with zero attached hydrogens (tertiary/aromatic N) is 3. The molecule has 0 aromatic heterocycles. The second kappa shape index (κ2) is 9.52. The summed E-state index contributed by atoms with van der Waals surface area (Å²) in [6.07, 6.45) is 6.06. The molecule has 0 bridgehead atoms. The molecule has 0 spiro atoms. The lowest BCUT2D eigenvalue weighted by Gasteiger charge is -2.35. The Kier molecular flexibility index (Phi) is 6.46. The van der Waals surface area contributed by atoms with Gasteiger partial charge in [-0.15, -0.1) is 0 Å². The van der Waals surface area contributed by atoms with Crippen molar-refractivity contribution in [3.05, 3.63) is 65.2 Å². The van der Waals surface area contributed by atoms with E-state index in [1.807, 2.05) is 24.3 Å². The molecule has 8 heteroatoms. The van der Waals surface area contributed by atoms with Crippen LogP contribution in [0.25, 0.3) is 5.57 Å². The number of hydrogen-bond donors (Lipinski definition) is 1. The number of amides is 1. The second-order valence-electron chi connectivity index (χ2n) is 9.33. The fourth-order valence-electron chi connectivity index (χ4n) is 5.12. The zero-order chi connectivity index (χ0) is 23.7. The number of phenolic OH excluding ortho intramolecular Hbond substituents is 1. The Morgan fingerprint density at radius 1 is 0.882 bits per heavy atom. The summed E-state index contributed by atoms with van der Waals surface area (Å²) in [5, 5.41) is 9.47.